The highest BCUT2D eigenvalue weighted by molar-refractivity contribution is 5.86. The van der Waals surface area contributed by atoms with Crippen LogP contribution in [0.4, 0.5) is 30.7 Å². The van der Waals surface area contributed by atoms with Crippen molar-refractivity contribution in [1.82, 2.24) is 0 Å². The van der Waals surface area contributed by atoms with E-state index in [4.69, 9.17) is 4.74 Å². The van der Waals surface area contributed by atoms with E-state index in [9.17, 15) is 35.5 Å². The second-order valence-electron chi connectivity index (χ2n) is 9.66. The molecule has 0 saturated carbocycles. The van der Waals surface area contributed by atoms with Gasteiger partial charge in [-0.05, 0) is 65.4 Å². The van der Waals surface area contributed by atoms with Crippen LogP contribution < -0.4 is 9.47 Å². The lowest BCUT2D eigenvalue weighted by Crippen LogP contribution is -2.25. The third kappa shape index (κ3) is 6.04. The molecule has 43 heavy (non-hydrogen) atoms. The van der Waals surface area contributed by atoms with E-state index < -0.39 is 58.4 Å². The van der Waals surface area contributed by atoms with Crippen LogP contribution in [-0.2, 0) is 17.3 Å². The molecule has 0 aliphatic heterocycles. The molecule has 1 aliphatic carbocycles. The van der Waals surface area contributed by atoms with Gasteiger partial charge in [0, 0.05) is 12.1 Å². The summed E-state index contributed by atoms with van der Waals surface area (Å²) in [4.78, 5) is 13.2. The molecule has 0 amide bonds. The van der Waals surface area contributed by atoms with Gasteiger partial charge in [0.15, 0.2) is 17.5 Å². The van der Waals surface area contributed by atoms with Crippen LogP contribution in [0.3, 0.4) is 0 Å². The predicted molar refractivity (Wildman–Crippen MR) is 144 cm³/mol. The first-order chi connectivity index (χ1) is 20.5. The molecule has 220 valence electrons. The average Bonchev–Trinajstić information content (AvgIpc) is 3.33. The topological polar surface area (TPSA) is 35.5 Å². The van der Waals surface area contributed by atoms with Crippen molar-refractivity contribution in [3.05, 3.63) is 142 Å². The van der Waals surface area contributed by atoms with Crippen LogP contribution in [-0.4, -0.2) is 5.97 Å². The maximum absolute atomic E-state index is 14.8. The van der Waals surface area contributed by atoms with Crippen molar-refractivity contribution in [2.24, 2.45) is 0 Å². The molecule has 0 bridgehead atoms. The summed E-state index contributed by atoms with van der Waals surface area (Å²) < 4.78 is 109. The molecule has 0 N–H and O–H groups in total. The normalized spacial score (nSPS) is 15.6. The number of rotatable bonds is 7. The fraction of sp³-hybridized carbons (Fsp3) is 0.121. The maximum atomic E-state index is 14.8. The Labute approximate surface area is 241 Å². The molecule has 3 nitrogen and oxygen atoms in total. The highest BCUT2D eigenvalue weighted by atomic mass is 19.3. The Morgan fingerprint density at radius 2 is 1.44 bits per heavy atom. The number of fused-ring (bicyclic) bond motifs is 1. The lowest BCUT2D eigenvalue weighted by molar-refractivity contribution is -0.189. The zero-order valence-electron chi connectivity index (χ0n) is 22.3. The minimum absolute atomic E-state index is 0.121. The summed E-state index contributed by atoms with van der Waals surface area (Å²) in [6.45, 7) is 1.86. The van der Waals surface area contributed by atoms with Gasteiger partial charge in [-0.1, -0.05) is 54.6 Å². The highest BCUT2D eigenvalue weighted by Crippen LogP contribution is 2.40. The molecule has 1 atom stereocenters. The molecule has 0 fully saturated rings. The van der Waals surface area contributed by atoms with Crippen LogP contribution in [0.1, 0.15) is 29.5 Å². The van der Waals surface area contributed by atoms with Crippen LogP contribution in [0.2, 0.25) is 0 Å². The molecule has 0 saturated heterocycles. The Morgan fingerprint density at radius 3 is 2.07 bits per heavy atom. The lowest BCUT2D eigenvalue weighted by atomic mass is 9.97. The first-order valence-electron chi connectivity index (χ1n) is 12.9. The maximum Gasteiger partial charge on any atom is 0.432 e. The third-order valence-corrected chi connectivity index (χ3v) is 6.81. The van der Waals surface area contributed by atoms with Gasteiger partial charge < -0.3 is 9.47 Å². The van der Waals surface area contributed by atoms with Crippen LogP contribution in [0, 0.1) is 29.1 Å². The molecule has 0 aromatic heterocycles. The molecule has 0 heterocycles. The van der Waals surface area contributed by atoms with Crippen molar-refractivity contribution in [3.63, 3.8) is 0 Å². The fourth-order valence-corrected chi connectivity index (χ4v) is 4.85. The summed E-state index contributed by atoms with van der Waals surface area (Å²) in [5.41, 5.74) is 0.967. The molecular formula is C33H21F7O3. The molecule has 4 aromatic rings. The molecule has 0 radical (unpaired) electrons. The van der Waals surface area contributed by atoms with E-state index in [-0.39, 0.29) is 29.0 Å². The quantitative estimate of drug-likeness (QED) is 0.0923. The number of alkyl halides is 2. The Morgan fingerprint density at radius 1 is 0.814 bits per heavy atom. The van der Waals surface area contributed by atoms with E-state index in [1.54, 1.807) is 0 Å². The van der Waals surface area contributed by atoms with Gasteiger partial charge in [0.25, 0.3) is 0 Å². The number of ether oxygens (including phenoxy) is 2. The van der Waals surface area contributed by atoms with Gasteiger partial charge in [-0.2, -0.15) is 8.78 Å². The summed E-state index contributed by atoms with van der Waals surface area (Å²) in [5.74, 6) is -11.2. The molecule has 1 aliphatic rings. The van der Waals surface area contributed by atoms with Crippen molar-refractivity contribution < 1.29 is 45.0 Å². The standard InChI is InChI=1S/C33H21F7O3/c1-2-3-6-20-13-19-7-4-5-8-24(19)29(20)32(41)42-22-11-9-18(10-12-22)21-14-25(34)30(26(35)15-21)33(39,40)43-23-16-27(36)31(38)28(37)17-23/h2-12,14-17,29H,13H2,1H3/b3-2-,20-6+. The minimum Gasteiger partial charge on any atom is -0.429 e. The van der Waals surface area contributed by atoms with Crippen LogP contribution in [0.25, 0.3) is 11.1 Å². The minimum atomic E-state index is -4.71. The molecule has 1 unspecified atom stereocenters. The number of esters is 1. The van der Waals surface area contributed by atoms with Gasteiger partial charge in [-0.15, -0.1) is 0 Å². The summed E-state index contributed by atoms with van der Waals surface area (Å²) in [7, 11) is 0. The summed E-state index contributed by atoms with van der Waals surface area (Å²) >= 11 is 0. The summed E-state index contributed by atoms with van der Waals surface area (Å²) in [6, 6.07) is 14.6. The Balaban J connectivity index is 1.35. The molecular weight excluding hydrogens is 577 g/mol. The summed E-state index contributed by atoms with van der Waals surface area (Å²) in [6.07, 6.45) is 1.43. The predicted octanol–water partition coefficient (Wildman–Crippen LogP) is 8.93. The van der Waals surface area contributed by atoms with Gasteiger partial charge in [0.05, 0.1) is 0 Å². The van der Waals surface area contributed by atoms with Crippen molar-refractivity contribution in [2.75, 3.05) is 0 Å². The van der Waals surface area contributed by atoms with Crippen molar-refractivity contribution in [2.45, 2.75) is 25.4 Å². The zero-order chi connectivity index (χ0) is 30.9. The van der Waals surface area contributed by atoms with Crippen LogP contribution in [0.5, 0.6) is 11.5 Å². The van der Waals surface area contributed by atoms with Crippen LogP contribution in [0.15, 0.2) is 96.6 Å². The molecule has 4 aromatic carbocycles. The SMILES string of the molecule is C/C=C\C=C1/Cc2ccccc2C1C(=O)Oc1ccc(-c2cc(F)c(C(F)(F)Oc3cc(F)c(F)c(F)c3)c(F)c2)cc1. The van der Waals surface area contributed by atoms with Gasteiger partial charge in [0.1, 0.15) is 34.6 Å². The fourth-order valence-electron chi connectivity index (χ4n) is 4.85. The van der Waals surface area contributed by atoms with E-state index in [1.165, 1.54) is 24.3 Å². The smallest absolute Gasteiger partial charge is 0.429 e. The monoisotopic (exact) mass is 598 g/mol. The average molecular weight is 599 g/mol. The number of carbonyl (C=O) groups is 1. The first kappa shape index (κ1) is 29.6. The van der Waals surface area contributed by atoms with Gasteiger partial charge >= 0.3 is 12.1 Å². The van der Waals surface area contributed by atoms with Crippen LogP contribution >= 0.6 is 0 Å². The Hall–Kier alpha value is -4.86. The van der Waals surface area contributed by atoms with E-state index in [0.717, 1.165) is 16.7 Å². The Kier molecular flexibility index (Phi) is 8.12. The van der Waals surface area contributed by atoms with Gasteiger partial charge in [-0.25, -0.2) is 22.0 Å². The second-order valence-corrected chi connectivity index (χ2v) is 9.66. The lowest BCUT2D eigenvalue weighted by Gasteiger charge is -2.20. The van der Waals surface area contributed by atoms with Crippen molar-refractivity contribution in [3.8, 4) is 22.6 Å². The van der Waals surface area contributed by atoms with Gasteiger partial charge in [0.2, 0.25) is 0 Å². The van der Waals surface area contributed by atoms with E-state index in [0.29, 0.717) is 18.6 Å². The first-order valence-corrected chi connectivity index (χ1v) is 12.9. The number of carbonyl (C=O) groups excluding carboxylic acids is 1. The highest BCUT2D eigenvalue weighted by Gasteiger charge is 2.41. The molecule has 5 rings (SSSR count). The van der Waals surface area contributed by atoms with E-state index >= 15 is 0 Å². The number of benzene rings is 4. The third-order valence-electron chi connectivity index (χ3n) is 6.81. The zero-order valence-corrected chi connectivity index (χ0v) is 22.3. The number of halogens is 7. The number of allylic oxidation sites excluding steroid dienone is 3. The Bertz CT molecular complexity index is 1720. The second kappa shape index (κ2) is 11.8. The number of hydrogen-bond donors (Lipinski definition) is 0. The van der Waals surface area contributed by atoms with E-state index in [2.05, 4.69) is 4.74 Å². The molecule has 10 heteroatoms. The van der Waals surface area contributed by atoms with E-state index in [1.807, 2.05) is 49.4 Å². The van der Waals surface area contributed by atoms with Crippen molar-refractivity contribution >= 4 is 5.97 Å². The van der Waals surface area contributed by atoms with Crippen molar-refractivity contribution in [1.29, 1.82) is 0 Å². The molecule has 0 spiro atoms. The summed E-state index contributed by atoms with van der Waals surface area (Å²) in [5, 5.41) is 0. The largest absolute Gasteiger partial charge is 0.432 e. The number of hydrogen-bond acceptors (Lipinski definition) is 3. The van der Waals surface area contributed by atoms with Gasteiger partial charge in [-0.3, -0.25) is 4.79 Å².